The molecule has 15 heavy (non-hydrogen) atoms. The zero-order valence-corrected chi connectivity index (χ0v) is 9.96. The van der Waals surface area contributed by atoms with E-state index in [0.717, 1.165) is 29.7 Å². The Labute approximate surface area is 95.3 Å². The van der Waals surface area contributed by atoms with Gasteiger partial charge in [0.15, 0.2) is 0 Å². The largest absolute Gasteiger partial charge is 0.356 e. The third-order valence-corrected chi connectivity index (χ3v) is 3.41. The highest BCUT2D eigenvalue weighted by Crippen LogP contribution is 2.21. The van der Waals surface area contributed by atoms with Crippen molar-refractivity contribution < 1.29 is 0 Å². The van der Waals surface area contributed by atoms with E-state index in [1.54, 1.807) is 18.1 Å². The van der Waals surface area contributed by atoms with Gasteiger partial charge in [-0.2, -0.15) is 0 Å². The molecule has 2 heterocycles. The minimum absolute atomic E-state index is 1.07. The third kappa shape index (κ3) is 2.84. The number of thioether (sulfide) groups is 1. The topological polar surface area (TPSA) is 29.0 Å². The van der Waals surface area contributed by atoms with Crippen molar-refractivity contribution in [3.05, 3.63) is 12.4 Å². The molecule has 1 saturated heterocycles. The van der Waals surface area contributed by atoms with E-state index in [4.69, 9.17) is 0 Å². The Hall–Kier alpha value is -0.770. The summed E-state index contributed by atoms with van der Waals surface area (Å²) in [4.78, 5) is 11.0. The second-order valence-corrected chi connectivity index (χ2v) is 4.98. The summed E-state index contributed by atoms with van der Waals surface area (Å²) in [6.45, 7) is 4.44. The minimum Gasteiger partial charge on any atom is -0.356 e. The molecule has 0 bridgehead atoms. The molecule has 0 radical (unpaired) electrons. The SMILES string of the molecule is CCSc1cc(N2CCCCC2)ncn1. The average Bonchev–Trinajstić information content (AvgIpc) is 2.31. The molecular weight excluding hydrogens is 206 g/mol. The Morgan fingerprint density at radius 3 is 2.80 bits per heavy atom. The maximum atomic E-state index is 4.35. The van der Waals surface area contributed by atoms with Crippen LogP contribution >= 0.6 is 11.8 Å². The van der Waals surface area contributed by atoms with Crippen LogP contribution in [-0.4, -0.2) is 28.8 Å². The highest BCUT2D eigenvalue weighted by Gasteiger charge is 2.12. The van der Waals surface area contributed by atoms with Gasteiger partial charge in [0.1, 0.15) is 17.2 Å². The molecule has 3 nitrogen and oxygen atoms in total. The van der Waals surface area contributed by atoms with E-state index in [9.17, 15) is 0 Å². The van der Waals surface area contributed by atoms with Crippen molar-refractivity contribution in [3.8, 4) is 0 Å². The Kier molecular flexibility index (Phi) is 3.83. The number of nitrogens with zero attached hydrogens (tertiary/aromatic N) is 3. The normalized spacial score (nSPS) is 16.7. The molecule has 1 aromatic rings. The van der Waals surface area contributed by atoms with Crippen molar-refractivity contribution in [2.45, 2.75) is 31.2 Å². The zero-order chi connectivity index (χ0) is 10.5. The van der Waals surface area contributed by atoms with Gasteiger partial charge in [0.25, 0.3) is 0 Å². The fourth-order valence-corrected chi connectivity index (χ4v) is 2.46. The fourth-order valence-electron chi connectivity index (χ4n) is 1.85. The molecular formula is C11H17N3S. The van der Waals surface area contributed by atoms with Gasteiger partial charge in [-0.3, -0.25) is 0 Å². The van der Waals surface area contributed by atoms with Crippen LogP contribution in [0.4, 0.5) is 5.82 Å². The van der Waals surface area contributed by atoms with Gasteiger partial charge in [0, 0.05) is 19.2 Å². The van der Waals surface area contributed by atoms with Crippen molar-refractivity contribution in [2.24, 2.45) is 0 Å². The summed E-state index contributed by atoms with van der Waals surface area (Å²) in [5, 5.41) is 1.09. The Morgan fingerprint density at radius 1 is 1.27 bits per heavy atom. The first kappa shape index (κ1) is 10.7. The van der Waals surface area contributed by atoms with Gasteiger partial charge in [-0.25, -0.2) is 9.97 Å². The van der Waals surface area contributed by atoms with Crippen molar-refractivity contribution >= 4 is 17.6 Å². The first-order chi connectivity index (χ1) is 7.40. The smallest absolute Gasteiger partial charge is 0.133 e. The lowest BCUT2D eigenvalue weighted by molar-refractivity contribution is 0.572. The van der Waals surface area contributed by atoms with E-state index in [0.29, 0.717) is 0 Å². The van der Waals surface area contributed by atoms with Crippen molar-refractivity contribution in [1.29, 1.82) is 0 Å². The Balaban J connectivity index is 2.09. The van der Waals surface area contributed by atoms with Crippen LogP contribution in [0.15, 0.2) is 17.4 Å². The molecule has 0 unspecified atom stereocenters. The van der Waals surface area contributed by atoms with Gasteiger partial charge in [0.05, 0.1) is 0 Å². The van der Waals surface area contributed by atoms with E-state index in [-0.39, 0.29) is 0 Å². The second kappa shape index (κ2) is 5.35. The number of aromatic nitrogens is 2. The molecule has 0 saturated carbocycles. The molecule has 0 aromatic carbocycles. The van der Waals surface area contributed by atoms with Crippen LogP contribution < -0.4 is 4.90 Å². The molecule has 4 heteroatoms. The highest BCUT2D eigenvalue weighted by molar-refractivity contribution is 7.99. The molecule has 1 aromatic heterocycles. The molecule has 1 fully saturated rings. The predicted octanol–water partition coefficient (Wildman–Crippen LogP) is 2.58. The summed E-state index contributed by atoms with van der Waals surface area (Å²) in [5.74, 6) is 2.16. The standard InChI is InChI=1S/C11H17N3S/c1-2-15-11-8-10(12-9-13-11)14-6-4-3-5-7-14/h8-9H,2-7H2,1H3. The summed E-state index contributed by atoms with van der Waals surface area (Å²) in [6.07, 6.45) is 5.63. The Morgan fingerprint density at radius 2 is 2.07 bits per heavy atom. The van der Waals surface area contributed by atoms with Gasteiger partial charge >= 0.3 is 0 Å². The van der Waals surface area contributed by atoms with Crippen molar-refractivity contribution in [3.63, 3.8) is 0 Å². The van der Waals surface area contributed by atoms with Crippen LogP contribution in [0.3, 0.4) is 0 Å². The highest BCUT2D eigenvalue weighted by atomic mass is 32.2. The van der Waals surface area contributed by atoms with Gasteiger partial charge in [-0.15, -0.1) is 11.8 Å². The van der Waals surface area contributed by atoms with Crippen LogP contribution in [0, 0.1) is 0 Å². The lowest BCUT2D eigenvalue weighted by Crippen LogP contribution is -2.30. The number of piperidine rings is 1. The number of anilines is 1. The molecule has 1 aliphatic heterocycles. The summed E-state index contributed by atoms with van der Waals surface area (Å²) in [5.41, 5.74) is 0. The van der Waals surface area contributed by atoms with E-state index in [2.05, 4.69) is 27.9 Å². The summed E-state index contributed by atoms with van der Waals surface area (Å²) >= 11 is 1.78. The molecule has 0 N–H and O–H groups in total. The second-order valence-electron chi connectivity index (χ2n) is 3.70. The van der Waals surface area contributed by atoms with Crippen molar-refractivity contribution in [2.75, 3.05) is 23.7 Å². The van der Waals surface area contributed by atoms with Crippen LogP contribution in [0.5, 0.6) is 0 Å². The van der Waals surface area contributed by atoms with Crippen LogP contribution in [0.2, 0.25) is 0 Å². The zero-order valence-electron chi connectivity index (χ0n) is 9.15. The fraction of sp³-hybridized carbons (Fsp3) is 0.636. The minimum atomic E-state index is 1.07. The molecule has 0 atom stereocenters. The van der Waals surface area contributed by atoms with Gasteiger partial charge < -0.3 is 4.90 Å². The van der Waals surface area contributed by atoms with Crippen molar-refractivity contribution in [1.82, 2.24) is 9.97 Å². The number of hydrogen-bond donors (Lipinski definition) is 0. The lowest BCUT2D eigenvalue weighted by Gasteiger charge is -2.27. The van der Waals surface area contributed by atoms with E-state index in [1.807, 2.05) is 0 Å². The van der Waals surface area contributed by atoms with E-state index in [1.165, 1.54) is 19.3 Å². The summed E-state index contributed by atoms with van der Waals surface area (Å²) in [6, 6.07) is 2.11. The molecule has 82 valence electrons. The van der Waals surface area contributed by atoms with Gasteiger partial charge in [-0.1, -0.05) is 6.92 Å². The summed E-state index contributed by atoms with van der Waals surface area (Å²) < 4.78 is 0. The number of hydrogen-bond acceptors (Lipinski definition) is 4. The lowest BCUT2D eigenvalue weighted by atomic mass is 10.1. The molecule has 0 spiro atoms. The quantitative estimate of drug-likeness (QED) is 0.582. The van der Waals surface area contributed by atoms with E-state index >= 15 is 0 Å². The first-order valence-corrected chi connectivity index (χ1v) is 6.58. The average molecular weight is 223 g/mol. The number of rotatable bonds is 3. The van der Waals surface area contributed by atoms with Gasteiger partial charge in [0.2, 0.25) is 0 Å². The maximum absolute atomic E-state index is 4.35. The van der Waals surface area contributed by atoms with Crippen LogP contribution in [0.1, 0.15) is 26.2 Å². The van der Waals surface area contributed by atoms with Gasteiger partial charge in [-0.05, 0) is 25.0 Å². The molecule has 0 amide bonds. The molecule has 2 rings (SSSR count). The summed E-state index contributed by atoms with van der Waals surface area (Å²) in [7, 11) is 0. The monoisotopic (exact) mass is 223 g/mol. The van der Waals surface area contributed by atoms with Crippen LogP contribution in [-0.2, 0) is 0 Å². The third-order valence-electron chi connectivity index (χ3n) is 2.60. The Bertz CT molecular complexity index is 310. The first-order valence-electron chi connectivity index (χ1n) is 5.60. The maximum Gasteiger partial charge on any atom is 0.133 e. The predicted molar refractivity (Wildman–Crippen MR) is 64.5 cm³/mol. The molecule has 0 aliphatic carbocycles. The van der Waals surface area contributed by atoms with Crippen LogP contribution in [0.25, 0.3) is 0 Å². The molecule has 1 aliphatic rings. The van der Waals surface area contributed by atoms with E-state index < -0.39 is 0 Å².